The lowest BCUT2D eigenvalue weighted by Gasteiger charge is -2.43. The fourth-order valence-corrected chi connectivity index (χ4v) is 5.43. The second kappa shape index (κ2) is 6.94. The van der Waals surface area contributed by atoms with Gasteiger partial charge in [0.15, 0.2) is 11.5 Å². The lowest BCUT2D eigenvalue weighted by atomic mass is 9.62. The van der Waals surface area contributed by atoms with E-state index in [0.29, 0.717) is 35.3 Å². The second-order valence-corrected chi connectivity index (χ2v) is 9.52. The Bertz CT molecular complexity index is 1240. The van der Waals surface area contributed by atoms with Crippen LogP contribution in [0.2, 0.25) is 0 Å². The SMILES string of the molecule is CC1(C)CCCC2COc3cc(O)c4c(=O)c(-c5ccc(O)c(O)c5)coc4c3CC21. The molecule has 1 aromatic heterocycles. The summed E-state index contributed by atoms with van der Waals surface area (Å²) in [5.41, 5.74) is 1.53. The maximum Gasteiger partial charge on any atom is 0.204 e. The Balaban J connectivity index is 1.69. The molecule has 1 aliphatic heterocycles. The van der Waals surface area contributed by atoms with E-state index in [1.807, 2.05) is 0 Å². The number of rotatable bonds is 1. The first-order valence-electron chi connectivity index (χ1n) is 10.7. The number of phenolic OH excluding ortho intramolecular Hbond substituents is 3. The summed E-state index contributed by atoms with van der Waals surface area (Å²) in [6.07, 6.45) is 5.52. The minimum absolute atomic E-state index is 0.111. The van der Waals surface area contributed by atoms with Gasteiger partial charge < -0.3 is 24.5 Å². The molecule has 3 aromatic rings. The van der Waals surface area contributed by atoms with E-state index < -0.39 is 5.43 Å². The Morgan fingerprint density at radius 3 is 2.65 bits per heavy atom. The highest BCUT2D eigenvalue weighted by molar-refractivity contribution is 5.91. The van der Waals surface area contributed by atoms with E-state index in [1.54, 1.807) is 0 Å². The monoisotopic (exact) mass is 422 g/mol. The summed E-state index contributed by atoms with van der Waals surface area (Å²) in [5, 5.41) is 30.2. The highest BCUT2D eigenvalue weighted by atomic mass is 16.5. The lowest BCUT2D eigenvalue weighted by Crippen LogP contribution is -2.37. The predicted molar refractivity (Wildman–Crippen MR) is 117 cm³/mol. The van der Waals surface area contributed by atoms with E-state index >= 15 is 0 Å². The molecule has 2 atom stereocenters. The van der Waals surface area contributed by atoms with Gasteiger partial charge in [0.1, 0.15) is 28.7 Å². The second-order valence-electron chi connectivity index (χ2n) is 9.52. The van der Waals surface area contributed by atoms with Gasteiger partial charge in [-0.3, -0.25) is 4.79 Å². The van der Waals surface area contributed by atoms with Crippen LogP contribution >= 0.6 is 0 Å². The van der Waals surface area contributed by atoms with E-state index in [4.69, 9.17) is 9.15 Å². The molecule has 2 aromatic carbocycles. The number of hydrogen-bond acceptors (Lipinski definition) is 6. The average molecular weight is 422 g/mol. The zero-order chi connectivity index (χ0) is 21.9. The van der Waals surface area contributed by atoms with Crippen LogP contribution in [0.4, 0.5) is 0 Å². The molecule has 2 unspecified atom stereocenters. The molecular weight excluding hydrogens is 396 g/mol. The van der Waals surface area contributed by atoms with Gasteiger partial charge in [0, 0.05) is 11.6 Å². The number of ether oxygens (including phenoxy) is 1. The molecule has 1 saturated carbocycles. The van der Waals surface area contributed by atoms with Crippen LogP contribution < -0.4 is 10.2 Å². The van der Waals surface area contributed by atoms with Gasteiger partial charge in [-0.25, -0.2) is 0 Å². The maximum atomic E-state index is 13.3. The molecule has 31 heavy (non-hydrogen) atoms. The van der Waals surface area contributed by atoms with Crippen molar-refractivity contribution in [2.45, 2.75) is 39.5 Å². The van der Waals surface area contributed by atoms with Gasteiger partial charge in [-0.1, -0.05) is 26.3 Å². The third-order valence-electron chi connectivity index (χ3n) is 7.22. The number of benzene rings is 2. The molecule has 0 radical (unpaired) electrons. The average Bonchev–Trinajstić information content (AvgIpc) is 2.91. The van der Waals surface area contributed by atoms with Gasteiger partial charge in [-0.15, -0.1) is 0 Å². The number of aromatic hydroxyl groups is 3. The first-order valence-corrected chi connectivity index (χ1v) is 10.7. The van der Waals surface area contributed by atoms with Crippen molar-refractivity contribution in [2.75, 3.05) is 6.61 Å². The third kappa shape index (κ3) is 3.12. The minimum atomic E-state index is -0.393. The van der Waals surface area contributed by atoms with Crippen LogP contribution in [0.3, 0.4) is 0 Å². The zero-order valence-corrected chi connectivity index (χ0v) is 17.6. The van der Waals surface area contributed by atoms with E-state index in [9.17, 15) is 20.1 Å². The van der Waals surface area contributed by atoms with Gasteiger partial charge in [0.25, 0.3) is 0 Å². The first-order chi connectivity index (χ1) is 14.8. The van der Waals surface area contributed by atoms with E-state index in [0.717, 1.165) is 24.8 Å². The van der Waals surface area contributed by atoms with Gasteiger partial charge in [0.05, 0.1) is 12.2 Å². The van der Waals surface area contributed by atoms with Gasteiger partial charge >= 0.3 is 0 Å². The van der Waals surface area contributed by atoms with Crippen molar-refractivity contribution in [1.29, 1.82) is 0 Å². The quantitative estimate of drug-likeness (QED) is 0.480. The van der Waals surface area contributed by atoms with Crippen LogP contribution in [0.1, 0.15) is 38.7 Å². The summed E-state index contributed by atoms with van der Waals surface area (Å²) in [7, 11) is 0. The number of fused-ring (bicyclic) bond motifs is 4. The molecule has 1 fully saturated rings. The van der Waals surface area contributed by atoms with Crippen LogP contribution in [-0.2, 0) is 6.42 Å². The Labute approximate surface area is 179 Å². The van der Waals surface area contributed by atoms with Crippen molar-refractivity contribution >= 4 is 11.0 Å². The summed E-state index contributed by atoms with van der Waals surface area (Å²) in [6, 6.07) is 5.65. The Hall–Kier alpha value is -3.15. The van der Waals surface area contributed by atoms with Crippen molar-refractivity contribution in [1.82, 2.24) is 0 Å². The van der Waals surface area contributed by atoms with Crippen molar-refractivity contribution in [3.05, 3.63) is 46.3 Å². The standard InChI is InChI=1S/C25H26O6/c1-25(2)7-3-4-14-11-30-21-10-20(28)22-23(29)16(13-5-6-18(26)19(27)8-13)12-31-24(22)15(21)9-17(14)25/h5-6,8,10,12,14,17,26-28H,3-4,7,9,11H2,1-2H3. The lowest BCUT2D eigenvalue weighted by molar-refractivity contribution is 0.0535. The third-order valence-corrected chi connectivity index (χ3v) is 7.22. The van der Waals surface area contributed by atoms with E-state index in [-0.39, 0.29) is 33.6 Å². The first kappa shape index (κ1) is 19.8. The smallest absolute Gasteiger partial charge is 0.204 e. The van der Waals surface area contributed by atoms with E-state index in [2.05, 4.69) is 13.8 Å². The predicted octanol–water partition coefficient (Wildman–Crippen LogP) is 4.95. The van der Waals surface area contributed by atoms with Crippen molar-refractivity contribution < 1.29 is 24.5 Å². The van der Waals surface area contributed by atoms with E-state index in [1.165, 1.54) is 36.9 Å². The van der Waals surface area contributed by atoms with Crippen LogP contribution in [0.5, 0.6) is 23.0 Å². The topological polar surface area (TPSA) is 100 Å². The highest BCUT2D eigenvalue weighted by Crippen LogP contribution is 2.49. The van der Waals surface area contributed by atoms with Gasteiger partial charge in [-0.2, -0.15) is 0 Å². The molecule has 0 amide bonds. The summed E-state index contributed by atoms with van der Waals surface area (Å²) in [5.74, 6) is 0.615. The normalized spacial score (nSPS) is 22.3. The molecule has 0 spiro atoms. The fraction of sp³-hybridized carbons (Fsp3) is 0.400. The molecular formula is C25H26O6. The summed E-state index contributed by atoms with van der Waals surface area (Å²) in [6.45, 7) is 5.19. The summed E-state index contributed by atoms with van der Waals surface area (Å²) in [4.78, 5) is 13.3. The number of phenols is 3. The minimum Gasteiger partial charge on any atom is -0.507 e. The summed E-state index contributed by atoms with van der Waals surface area (Å²) >= 11 is 0. The molecule has 2 heterocycles. The van der Waals surface area contributed by atoms with Crippen molar-refractivity contribution in [2.24, 2.45) is 17.3 Å². The molecule has 0 saturated heterocycles. The van der Waals surface area contributed by atoms with Crippen LogP contribution in [0.25, 0.3) is 22.1 Å². The molecule has 6 heteroatoms. The zero-order valence-electron chi connectivity index (χ0n) is 17.6. The maximum absolute atomic E-state index is 13.3. The molecule has 6 nitrogen and oxygen atoms in total. The highest BCUT2D eigenvalue weighted by Gasteiger charge is 2.42. The molecule has 162 valence electrons. The molecule has 3 N–H and O–H groups in total. The molecule has 0 bridgehead atoms. The molecule has 1 aliphatic carbocycles. The summed E-state index contributed by atoms with van der Waals surface area (Å²) < 4.78 is 12.0. The fourth-order valence-electron chi connectivity index (χ4n) is 5.43. The van der Waals surface area contributed by atoms with Crippen LogP contribution in [-0.4, -0.2) is 21.9 Å². The Kier molecular flexibility index (Phi) is 4.43. The molecule has 2 aliphatic rings. The van der Waals surface area contributed by atoms with Crippen LogP contribution in [0.15, 0.2) is 39.7 Å². The van der Waals surface area contributed by atoms with Gasteiger partial charge in [-0.05, 0) is 54.2 Å². The largest absolute Gasteiger partial charge is 0.507 e. The molecule has 5 rings (SSSR count). The van der Waals surface area contributed by atoms with Crippen molar-refractivity contribution in [3.63, 3.8) is 0 Å². The number of hydrogen-bond donors (Lipinski definition) is 3. The Morgan fingerprint density at radius 2 is 1.87 bits per heavy atom. The Morgan fingerprint density at radius 1 is 1.06 bits per heavy atom. The van der Waals surface area contributed by atoms with Crippen LogP contribution in [0, 0.1) is 17.3 Å². The van der Waals surface area contributed by atoms with Crippen molar-refractivity contribution in [3.8, 4) is 34.1 Å². The van der Waals surface area contributed by atoms with Gasteiger partial charge in [0.2, 0.25) is 5.43 Å².